The van der Waals surface area contributed by atoms with Crippen molar-refractivity contribution in [2.75, 3.05) is 31.8 Å². The van der Waals surface area contributed by atoms with Crippen LogP contribution < -0.4 is 9.64 Å². The summed E-state index contributed by atoms with van der Waals surface area (Å²) in [5.74, 6) is 2.79. The fraction of sp³-hybridized carbons (Fsp3) is 0.500. The molecular weight excluding hydrogens is 314 g/mol. The minimum absolute atomic E-state index is 0.383. The zero-order valence-corrected chi connectivity index (χ0v) is 15.3. The Morgan fingerprint density at radius 1 is 1.28 bits per heavy atom. The highest BCUT2D eigenvalue weighted by Crippen LogP contribution is 2.27. The van der Waals surface area contributed by atoms with Gasteiger partial charge in [-0.3, -0.25) is 0 Å². The van der Waals surface area contributed by atoms with Gasteiger partial charge in [-0.1, -0.05) is 32.0 Å². The molecule has 5 heteroatoms. The Balaban J connectivity index is 1.86. The van der Waals surface area contributed by atoms with Gasteiger partial charge in [-0.2, -0.15) is 0 Å². The monoisotopic (exact) mass is 341 g/mol. The van der Waals surface area contributed by atoms with Crippen LogP contribution in [0.3, 0.4) is 0 Å². The molecule has 134 valence electrons. The van der Waals surface area contributed by atoms with Gasteiger partial charge in [0.1, 0.15) is 17.9 Å². The Morgan fingerprint density at radius 3 is 2.84 bits per heavy atom. The lowest BCUT2D eigenvalue weighted by Crippen LogP contribution is -2.28. The lowest BCUT2D eigenvalue weighted by atomic mass is 10.0. The third-order valence-corrected chi connectivity index (χ3v) is 4.49. The molecule has 0 radical (unpaired) electrons. The molecule has 1 saturated heterocycles. The van der Waals surface area contributed by atoms with Crippen LogP contribution >= 0.6 is 0 Å². The highest BCUT2D eigenvalue weighted by molar-refractivity contribution is 5.43. The predicted molar refractivity (Wildman–Crippen MR) is 99.1 cm³/mol. The first-order valence-corrected chi connectivity index (χ1v) is 8.94. The minimum Gasteiger partial charge on any atom is -0.496 e. The maximum atomic E-state index is 5.52. The SMILES string of the molecule is COc1ccccc1CN(CC(C)C)c1cc([C@@H]2CCOC2)ncn1. The van der Waals surface area contributed by atoms with E-state index < -0.39 is 0 Å². The van der Waals surface area contributed by atoms with E-state index in [1.807, 2.05) is 18.2 Å². The molecule has 1 aliphatic heterocycles. The van der Waals surface area contributed by atoms with E-state index in [9.17, 15) is 0 Å². The maximum absolute atomic E-state index is 5.52. The second-order valence-corrected chi connectivity index (χ2v) is 6.95. The van der Waals surface area contributed by atoms with Crippen LogP contribution in [0.25, 0.3) is 0 Å². The van der Waals surface area contributed by atoms with Gasteiger partial charge >= 0.3 is 0 Å². The van der Waals surface area contributed by atoms with Gasteiger partial charge in [0, 0.05) is 37.2 Å². The second-order valence-electron chi connectivity index (χ2n) is 6.95. The van der Waals surface area contributed by atoms with Crippen molar-refractivity contribution in [3.8, 4) is 5.75 Å². The van der Waals surface area contributed by atoms with Gasteiger partial charge in [0.25, 0.3) is 0 Å². The summed E-state index contributed by atoms with van der Waals surface area (Å²) < 4.78 is 11.0. The number of rotatable bonds is 7. The Kier molecular flexibility index (Phi) is 5.87. The fourth-order valence-corrected chi connectivity index (χ4v) is 3.24. The summed E-state index contributed by atoms with van der Waals surface area (Å²) in [6.07, 6.45) is 2.71. The molecule has 0 amide bonds. The molecule has 1 aliphatic rings. The molecule has 25 heavy (non-hydrogen) atoms. The van der Waals surface area contributed by atoms with Crippen molar-refractivity contribution in [1.29, 1.82) is 0 Å². The summed E-state index contributed by atoms with van der Waals surface area (Å²) in [5, 5.41) is 0. The zero-order chi connectivity index (χ0) is 17.6. The molecular formula is C20H27N3O2. The average molecular weight is 341 g/mol. The average Bonchev–Trinajstić information content (AvgIpc) is 3.16. The van der Waals surface area contributed by atoms with Crippen molar-refractivity contribution in [3.63, 3.8) is 0 Å². The van der Waals surface area contributed by atoms with Gasteiger partial charge in [-0.05, 0) is 18.4 Å². The first-order valence-electron chi connectivity index (χ1n) is 8.94. The van der Waals surface area contributed by atoms with E-state index in [2.05, 4.69) is 40.8 Å². The lowest BCUT2D eigenvalue weighted by molar-refractivity contribution is 0.193. The molecule has 0 aliphatic carbocycles. The highest BCUT2D eigenvalue weighted by Gasteiger charge is 2.21. The number of nitrogens with zero attached hydrogens (tertiary/aromatic N) is 3. The first kappa shape index (κ1) is 17.7. The quantitative estimate of drug-likeness (QED) is 0.769. The smallest absolute Gasteiger partial charge is 0.132 e. The number of hydrogen-bond donors (Lipinski definition) is 0. The standard InChI is InChI=1S/C20H27N3O2/c1-15(2)11-23(12-16-6-4-5-7-19(16)24-3)20-10-18(21-14-22-20)17-8-9-25-13-17/h4-7,10,14-15,17H,8-9,11-13H2,1-3H3/t17-/m1/s1. The molecule has 3 rings (SSSR count). The number of anilines is 1. The third kappa shape index (κ3) is 4.48. The Labute approximate surface area is 150 Å². The predicted octanol–water partition coefficient (Wildman–Crippen LogP) is 3.65. The largest absolute Gasteiger partial charge is 0.496 e. The summed E-state index contributed by atoms with van der Waals surface area (Å²) in [5.41, 5.74) is 2.24. The zero-order valence-electron chi connectivity index (χ0n) is 15.3. The van der Waals surface area contributed by atoms with Gasteiger partial charge in [-0.25, -0.2) is 9.97 Å². The summed E-state index contributed by atoms with van der Waals surface area (Å²) in [7, 11) is 1.72. The molecule has 1 aromatic carbocycles. The van der Waals surface area contributed by atoms with E-state index in [0.717, 1.165) is 55.5 Å². The number of methoxy groups -OCH3 is 1. The van der Waals surface area contributed by atoms with Gasteiger partial charge in [0.15, 0.2) is 0 Å². The van der Waals surface area contributed by atoms with E-state index in [1.54, 1.807) is 13.4 Å². The van der Waals surface area contributed by atoms with Crippen molar-refractivity contribution in [2.45, 2.75) is 32.7 Å². The summed E-state index contributed by atoms with van der Waals surface area (Å²) in [4.78, 5) is 11.3. The van der Waals surface area contributed by atoms with Gasteiger partial charge in [0.05, 0.1) is 19.4 Å². The summed E-state index contributed by atoms with van der Waals surface area (Å²) in [6.45, 7) is 7.72. The lowest BCUT2D eigenvalue weighted by Gasteiger charge is -2.27. The summed E-state index contributed by atoms with van der Waals surface area (Å²) >= 11 is 0. The van der Waals surface area contributed by atoms with Crippen LogP contribution in [0, 0.1) is 5.92 Å². The van der Waals surface area contributed by atoms with Gasteiger partial charge in [-0.15, -0.1) is 0 Å². The molecule has 2 heterocycles. The van der Waals surface area contributed by atoms with Gasteiger partial charge < -0.3 is 14.4 Å². The van der Waals surface area contributed by atoms with Crippen molar-refractivity contribution in [2.24, 2.45) is 5.92 Å². The van der Waals surface area contributed by atoms with E-state index >= 15 is 0 Å². The van der Waals surface area contributed by atoms with E-state index in [0.29, 0.717) is 11.8 Å². The van der Waals surface area contributed by atoms with Crippen molar-refractivity contribution >= 4 is 5.82 Å². The van der Waals surface area contributed by atoms with E-state index in [4.69, 9.17) is 9.47 Å². The van der Waals surface area contributed by atoms with E-state index in [1.165, 1.54) is 0 Å². The molecule has 2 aromatic rings. The van der Waals surface area contributed by atoms with Gasteiger partial charge in [0.2, 0.25) is 0 Å². The summed E-state index contributed by atoms with van der Waals surface area (Å²) in [6, 6.07) is 10.3. The number of aromatic nitrogens is 2. The van der Waals surface area contributed by atoms with Crippen molar-refractivity contribution in [3.05, 3.63) is 47.9 Å². The second kappa shape index (κ2) is 8.30. The molecule has 0 bridgehead atoms. The molecule has 0 N–H and O–H groups in total. The van der Waals surface area contributed by atoms with Crippen LogP contribution in [0.1, 0.15) is 37.4 Å². The normalized spacial score (nSPS) is 17.0. The van der Waals surface area contributed by atoms with Crippen molar-refractivity contribution < 1.29 is 9.47 Å². The molecule has 0 spiro atoms. The fourth-order valence-electron chi connectivity index (χ4n) is 3.24. The van der Waals surface area contributed by atoms with Crippen LogP contribution in [-0.2, 0) is 11.3 Å². The third-order valence-electron chi connectivity index (χ3n) is 4.49. The number of para-hydroxylation sites is 1. The molecule has 0 unspecified atom stereocenters. The van der Waals surface area contributed by atoms with Crippen LogP contribution in [0.15, 0.2) is 36.7 Å². The molecule has 1 aromatic heterocycles. The minimum atomic E-state index is 0.383. The Morgan fingerprint density at radius 2 is 2.12 bits per heavy atom. The van der Waals surface area contributed by atoms with Crippen LogP contribution in [0.2, 0.25) is 0 Å². The molecule has 5 nitrogen and oxygen atoms in total. The van der Waals surface area contributed by atoms with Crippen LogP contribution in [-0.4, -0.2) is 36.8 Å². The number of benzene rings is 1. The first-order chi connectivity index (χ1) is 12.2. The van der Waals surface area contributed by atoms with Crippen LogP contribution in [0.5, 0.6) is 5.75 Å². The Hall–Kier alpha value is -2.14. The van der Waals surface area contributed by atoms with Crippen LogP contribution in [0.4, 0.5) is 5.82 Å². The molecule has 1 fully saturated rings. The van der Waals surface area contributed by atoms with E-state index in [-0.39, 0.29) is 0 Å². The molecule has 1 atom stereocenters. The topological polar surface area (TPSA) is 47.5 Å². The number of ether oxygens (including phenoxy) is 2. The Bertz CT molecular complexity index is 684. The molecule has 0 saturated carbocycles. The highest BCUT2D eigenvalue weighted by atomic mass is 16.5. The number of hydrogen-bond acceptors (Lipinski definition) is 5. The maximum Gasteiger partial charge on any atom is 0.132 e. The van der Waals surface area contributed by atoms with Crippen molar-refractivity contribution in [1.82, 2.24) is 9.97 Å².